The van der Waals surface area contributed by atoms with Crippen LogP contribution in [0.2, 0.25) is 0 Å². The number of halogens is 12. The molecule has 2 aromatic carbocycles. The van der Waals surface area contributed by atoms with E-state index in [4.69, 9.17) is 0 Å². The molecule has 1 atom stereocenters. The van der Waals surface area contributed by atoms with E-state index in [2.05, 4.69) is 9.47 Å². The highest BCUT2D eigenvalue weighted by Gasteiger charge is 2.72. The molecule has 0 bridgehead atoms. The molecule has 33 heavy (non-hydrogen) atoms. The first kappa shape index (κ1) is 26.2. The van der Waals surface area contributed by atoms with Gasteiger partial charge in [-0.1, -0.05) is 24.3 Å². The van der Waals surface area contributed by atoms with Crippen LogP contribution in [0.1, 0.15) is 11.1 Å². The van der Waals surface area contributed by atoms with Gasteiger partial charge >= 0.3 is 30.9 Å². The van der Waals surface area contributed by atoms with Crippen LogP contribution in [0.4, 0.5) is 52.7 Å². The number of hydrogen-bond donors (Lipinski definition) is 0. The lowest BCUT2D eigenvalue weighted by molar-refractivity contribution is -0.288. The van der Waals surface area contributed by atoms with Crippen LogP contribution in [-0.4, -0.2) is 25.1 Å². The van der Waals surface area contributed by atoms with Crippen molar-refractivity contribution in [2.45, 2.75) is 30.6 Å². The minimum Gasteiger partial charge on any atom is -0.454 e. The van der Waals surface area contributed by atoms with Crippen molar-refractivity contribution in [3.63, 3.8) is 0 Å². The molecule has 0 aliphatic heterocycles. The van der Waals surface area contributed by atoms with E-state index in [0.29, 0.717) is 24.3 Å². The van der Waals surface area contributed by atoms with E-state index < -0.39 is 65.3 Å². The van der Waals surface area contributed by atoms with Crippen molar-refractivity contribution in [3.8, 4) is 11.5 Å². The summed E-state index contributed by atoms with van der Waals surface area (Å²) in [5.74, 6) is -1.60. The lowest BCUT2D eigenvalue weighted by atomic mass is 9.73. The second kappa shape index (κ2) is 9.43. The standard InChI is InChI=1S/C19H10F12O2/c20-13(21)15(24)32-11-5-1-9(2-6-11)17(18(26,27)28,19(29,30)31)10-3-7-12(8-4-10)33-16(25)14(22)23/h1-8,13,15H. The summed E-state index contributed by atoms with van der Waals surface area (Å²) in [6, 6.07) is 0.217. The molecule has 2 rings (SSSR count). The molecule has 0 aliphatic carbocycles. The van der Waals surface area contributed by atoms with Crippen LogP contribution >= 0.6 is 0 Å². The molecule has 2 aromatic rings. The minimum absolute atomic E-state index is 0.235. The summed E-state index contributed by atoms with van der Waals surface area (Å²) >= 11 is 0. The lowest BCUT2D eigenvalue weighted by Gasteiger charge is -2.38. The van der Waals surface area contributed by atoms with Crippen molar-refractivity contribution in [1.29, 1.82) is 0 Å². The van der Waals surface area contributed by atoms with Crippen LogP contribution in [0.3, 0.4) is 0 Å². The maximum atomic E-state index is 14.0. The molecule has 0 aromatic heterocycles. The Labute approximate surface area is 177 Å². The Morgan fingerprint density at radius 1 is 0.636 bits per heavy atom. The highest BCUT2D eigenvalue weighted by Crippen LogP contribution is 2.56. The van der Waals surface area contributed by atoms with Crippen LogP contribution in [0.15, 0.2) is 60.6 Å². The SMILES string of the molecule is FC(F)=C(F)Oc1ccc(C(c2ccc(OC(F)C(F)F)cc2)(C(F)(F)F)C(F)(F)F)cc1. The van der Waals surface area contributed by atoms with Gasteiger partial charge in [0.15, 0.2) is 0 Å². The van der Waals surface area contributed by atoms with Gasteiger partial charge in [-0.15, -0.1) is 0 Å². The molecule has 2 nitrogen and oxygen atoms in total. The molecule has 14 heteroatoms. The van der Waals surface area contributed by atoms with Gasteiger partial charge in [-0.2, -0.15) is 43.9 Å². The van der Waals surface area contributed by atoms with Gasteiger partial charge in [-0.3, -0.25) is 0 Å². The zero-order valence-electron chi connectivity index (χ0n) is 15.6. The molecule has 0 heterocycles. The second-order valence-corrected chi connectivity index (χ2v) is 6.23. The Kier molecular flexibility index (Phi) is 7.49. The van der Waals surface area contributed by atoms with Crippen molar-refractivity contribution in [2.75, 3.05) is 0 Å². The number of alkyl halides is 9. The molecule has 1 unspecified atom stereocenters. The number of benzene rings is 2. The van der Waals surface area contributed by atoms with E-state index >= 15 is 0 Å². The number of ether oxygens (including phenoxy) is 2. The van der Waals surface area contributed by atoms with Gasteiger partial charge in [-0.25, -0.2) is 8.78 Å². The van der Waals surface area contributed by atoms with Gasteiger partial charge in [0.1, 0.15) is 11.5 Å². The number of hydrogen-bond acceptors (Lipinski definition) is 2. The smallest absolute Gasteiger partial charge is 0.411 e. The molecular weight excluding hydrogens is 488 g/mol. The lowest BCUT2D eigenvalue weighted by Crippen LogP contribution is -2.54. The molecule has 0 radical (unpaired) electrons. The quantitative estimate of drug-likeness (QED) is 0.292. The fraction of sp³-hybridized carbons (Fsp3) is 0.263. The monoisotopic (exact) mass is 498 g/mol. The maximum absolute atomic E-state index is 14.0. The van der Waals surface area contributed by atoms with Crippen LogP contribution in [0.25, 0.3) is 0 Å². The first-order chi connectivity index (χ1) is 15.1. The average Bonchev–Trinajstić information content (AvgIpc) is 2.68. The molecule has 0 N–H and O–H groups in total. The van der Waals surface area contributed by atoms with Crippen LogP contribution in [0, 0.1) is 0 Å². The highest BCUT2D eigenvalue weighted by molar-refractivity contribution is 5.47. The van der Waals surface area contributed by atoms with E-state index in [-0.39, 0.29) is 24.3 Å². The Morgan fingerprint density at radius 3 is 1.36 bits per heavy atom. The third-order valence-electron chi connectivity index (χ3n) is 4.23. The third-order valence-corrected chi connectivity index (χ3v) is 4.23. The van der Waals surface area contributed by atoms with E-state index in [9.17, 15) is 52.7 Å². The van der Waals surface area contributed by atoms with Gasteiger partial charge in [0.25, 0.3) is 6.36 Å². The molecule has 0 fully saturated rings. The maximum Gasteiger partial charge on any atom is 0.411 e. The second-order valence-electron chi connectivity index (χ2n) is 6.23. The van der Waals surface area contributed by atoms with Gasteiger partial charge in [0.2, 0.25) is 5.41 Å². The fourth-order valence-electron chi connectivity index (χ4n) is 2.86. The summed E-state index contributed by atoms with van der Waals surface area (Å²) in [5, 5.41) is 0. The molecular formula is C19H10F12O2. The van der Waals surface area contributed by atoms with E-state index in [0.717, 1.165) is 0 Å². The van der Waals surface area contributed by atoms with Crippen LogP contribution < -0.4 is 9.47 Å². The van der Waals surface area contributed by atoms with Crippen LogP contribution in [-0.2, 0) is 5.41 Å². The molecule has 0 amide bonds. The van der Waals surface area contributed by atoms with Crippen molar-refractivity contribution < 1.29 is 62.2 Å². The van der Waals surface area contributed by atoms with E-state index in [1.165, 1.54) is 0 Å². The summed E-state index contributed by atoms with van der Waals surface area (Å²) in [6.07, 6.45) is -21.8. The number of rotatable bonds is 7. The zero-order chi connectivity index (χ0) is 25.2. The van der Waals surface area contributed by atoms with E-state index in [1.807, 2.05) is 0 Å². The largest absolute Gasteiger partial charge is 0.454 e. The van der Waals surface area contributed by atoms with Gasteiger partial charge in [0.05, 0.1) is 0 Å². The molecule has 0 saturated carbocycles. The van der Waals surface area contributed by atoms with Crippen molar-refractivity contribution in [3.05, 3.63) is 71.8 Å². The Hall–Kier alpha value is -3.06. The predicted molar refractivity (Wildman–Crippen MR) is 88.3 cm³/mol. The molecule has 182 valence electrons. The fourth-order valence-corrected chi connectivity index (χ4v) is 2.86. The molecule has 0 saturated heterocycles. The minimum atomic E-state index is -6.04. The normalized spacial score (nSPS) is 13.6. The average molecular weight is 498 g/mol. The van der Waals surface area contributed by atoms with Gasteiger partial charge < -0.3 is 9.47 Å². The molecule has 0 spiro atoms. The zero-order valence-corrected chi connectivity index (χ0v) is 15.6. The summed E-state index contributed by atoms with van der Waals surface area (Å²) in [7, 11) is 0. The first-order valence-electron chi connectivity index (χ1n) is 8.43. The Bertz CT molecular complexity index is 944. The Balaban J connectivity index is 2.61. The molecule has 0 aliphatic rings. The Morgan fingerprint density at radius 2 is 1.03 bits per heavy atom. The summed E-state index contributed by atoms with van der Waals surface area (Å²) < 4.78 is 166. The van der Waals surface area contributed by atoms with Crippen molar-refractivity contribution >= 4 is 0 Å². The predicted octanol–water partition coefficient (Wildman–Crippen LogP) is 7.45. The van der Waals surface area contributed by atoms with E-state index in [1.54, 1.807) is 0 Å². The van der Waals surface area contributed by atoms with Crippen molar-refractivity contribution in [2.24, 2.45) is 0 Å². The third kappa shape index (κ3) is 5.30. The highest BCUT2D eigenvalue weighted by atomic mass is 19.4. The van der Waals surface area contributed by atoms with Crippen LogP contribution in [0.5, 0.6) is 11.5 Å². The summed E-state index contributed by atoms with van der Waals surface area (Å²) in [4.78, 5) is 0. The van der Waals surface area contributed by atoms with Gasteiger partial charge in [-0.05, 0) is 35.4 Å². The summed E-state index contributed by atoms with van der Waals surface area (Å²) in [6.45, 7) is 0. The topological polar surface area (TPSA) is 18.5 Å². The first-order valence-corrected chi connectivity index (χ1v) is 8.43. The van der Waals surface area contributed by atoms with Gasteiger partial charge in [0, 0.05) is 0 Å². The van der Waals surface area contributed by atoms with Crippen molar-refractivity contribution in [1.82, 2.24) is 0 Å². The summed E-state index contributed by atoms with van der Waals surface area (Å²) in [5.41, 5.74) is -7.60.